The molecule has 2 aliphatic heterocycles. The molecule has 1 N–H and O–H groups in total. The fourth-order valence-corrected chi connectivity index (χ4v) is 5.34. The summed E-state index contributed by atoms with van der Waals surface area (Å²) in [5.74, 6) is 1.82. The average molecular weight is 292 g/mol. The van der Waals surface area contributed by atoms with Crippen LogP contribution >= 0.6 is 11.8 Å². The Morgan fingerprint density at radius 2 is 2.17 bits per heavy atom. The molecule has 0 aromatic carbocycles. The predicted octanol–water partition coefficient (Wildman–Crippen LogP) is 0.589. The molecule has 2 heterocycles. The zero-order valence-corrected chi connectivity index (χ0v) is 12.9. The summed E-state index contributed by atoms with van der Waals surface area (Å²) in [4.78, 5) is 2.50. The number of hydrogen-bond acceptors (Lipinski definition) is 5. The van der Waals surface area contributed by atoms with Crippen LogP contribution in [-0.2, 0) is 9.84 Å². The van der Waals surface area contributed by atoms with E-state index in [1.807, 2.05) is 11.8 Å². The molecule has 3 unspecified atom stereocenters. The van der Waals surface area contributed by atoms with Crippen molar-refractivity contribution in [2.75, 3.05) is 36.9 Å². The molecular weight excluding hydrogens is 268 g/mol. The van der Waals surface area contributed by atoms with Crippen LogP contribution in [-0.4, -0.2) is 67.5 Å². The summed E-state index contributed by atoms with van der Waals surface area (Å²) < 4.78 is 23.1. The zero-order valence-electron chi connectivity index (χ0n) is 11.3. The molecule has 0 saturated carbocycles. The molecule has 0 radical (unpaired) electrons. The topological polar surface area (TPSA) is 49.4 Å². The first kappa shape index (κ1) is 14.6. The van der Waals surface area contributed by atoms with Crippen LogP contribution in [0, 0.1) is 0 Å². The Balaban J connectivity index is 1.80. The molecule has 4 nitrogen and oxygen atoms in total. The van der Waals surface area contributed by atoms with Crippen LogP contribution in [0.5, 0.6) is 0 Å². The molecule has 2 rings (SSSR count). The first-order valence-electron chi connectivity index (χ1n) is 6.77. The van der Waals surface area contributed by atoms with Gasteiger partial charge in [-0.3, -0.25) is 4.90 Å². The second-order valence-electron chi connectivity index (χ2n) is 5.41. The van der Waals surface area contributed by atoms with Gasteiger partial charge in [0.1, 0.15) is 0 Å². The van der Waals surface area contributed by atoms with Gasteiger partial charge in [0.25, 0.3) is 0 Å². The molecular formula is C12H24N2O2S2. The van der Waals surface area contributed by atoms with Crippen LogP contribution in [0.4, 0.5) is 0 Å². The Hall–Kier alpha value is 0.220. The molecule has 0 amide bonds. The Morgan fingerprint density at radius 1 is 1.39 bits per heavy atom. The Kier molecular flexibility index (Phi) is 4.97. The molecule has 2 fully saturated rings. The number of sulfone groups is 1. The largest absolute Gasteiger partial charge is 0.312 e. The van der Waals surface area contributed by atoms with E-state index in [2.05, 4.69) is 24.1 Å². The van der Waals surface area contributed by atoms with Gasteiger partial charge < -0.3 is 5.32 Å². The third kappa shape index (κ3) is 3.85. The van der Waals surface area contributed by atoms with Gasteiger partial charge >= 0.3 is 0 Å². The molecule has 0 aromatic heterocycles. The third-order valence-corrected chi connectivity index (χ3v) is 7.15. The van der Waals surface area contributed by atoms with Crippen molar-refractivity contribution in [1.82, 2.24) is 10.2 Å². The van der Waals surface area contributed by atoms with E-state index in [1.54, 1.807) is 0 Å². The Morgan fingerprint density at radius 3 is 2.89 bits per heavy atom. The summed E-state index contributed by atoms with van der Waals surface area (Å²) >= 11 is 2.04. The summed E-state index contributed by atoms with van der Waals surface area (Å²) in [5.41, 5.74) is 0. The van der Waals surface area contributed by atoms with E-state index in [1.165, 1.54) is 5.75 Å². The maximum Gasteiger partial charge on any atom is 0.153 e. The molecule has 2 aliphatic rings. The zero-order chi connectivity index (χ0) is 13.2. The van der Waals surface area contributed by atoms with Gasteiger partial charge in [0.15, 0.2) is 9.84 Å². The lowest BCUT2D eigenvalue weighted by Crippen LogP contribution is -2.49. The second kappa shape index (κ2) is 6.11. The smallest absolute Gasteiger partial charge is 0.153 e. The lowest BCUT2D eigenvalue weighted by molar-refractivity contribution is 0.203. The van der Waals surface area contributed by atoms with Crippen molar-refractivity contribution in [3.05, 3.63) is 0 Å². The van der Waals surface area contributed by atoms with Crippen LogP contribution in [0.25, 0.3) is 0 Å². The maximum atomic E-state index is 11.6. The number of nitrogens with one attached hydrogen (secondary N) is 1. The van der Waals surface area contributed by atoms with Crippen molar-refractivity contribution in [3.63, 3.8) is 0 Å². The van der Waals surface area contributed by atoms with E-state index in [-0.39, 0.29) is 6.04 Å². The van der Waals surface area contributed by atoms with Crippen molar-refractivity contribution < 1.29 is 8.42 Å². The number of rotatable bonds is 3. The van der Waals surface area contributed by atoms with Gasteiger partial charge in [-0.2, -0.15) is 11.8 Å². The standard InChI is InChI=1S/C12H24N2O2S2/c1-10-11(2)17-7-6-14(10)5-3-12-9-18(15,16)8-4-13-12/h10-13H,3-9H2,1-2H3. The van der Waals surface area contributed by atoms with Crippen molar-refractivity contribution >= 4 is 21.6 Å². The minimum absolute atomic E-state index is 0.154. The monoisotopic (exact) mass is 292 g/mol. The van der Waals surface area contributed by atoms with Crippen LogP contribution in [0.3, 0.4) is 0 Å². The molecule has 6 heteroatoms. The highest BCUT2D eigenvalue weighted by Gasteiger charge is 2.28. The van der Waals surface area contributed by atoms with Crippen molar-refractivity contribution in [1.29, 1.82) is 0 Å². The van der Waals surface area contributed by atoms with Gasteiger partial charge in [0, 0.05) is 42.7 Å². The minimum Gasteiger partial charge on any atom is -0.312 e. The number of thioether (sulfide) groups is 1. The van der Waals surface area contributed by atoms with E-state index in [9.17, 15) is 8.42 Å². The SMILES string of the molecule is CC1SCCN(CCC2CS(=O)(=O)CCN2)C1C. The van der Waals surface area contributed by atoms with Gasteiger partial charge in [0.05, 0.1) is 11.5 Å². The normalized spacial score (nSPS) is 37.6. The fraction of sp³-hybridized carbons (Fsp3) is 1.00. The van der Waals surface area contributed by atoms with E-state index < -0.39 is 9.84 Å². The predicted molar refractivity (Wildman–Crippen MR) is 78.0 cm³/mol. The second-order valence-corrected chi connectivity index (χ2v) is 9.12. The van der Waals surface area contributed by atoms with E-state index in [0.29, 0.717) is 29.3 Å². The Labute approximate surface area is 115 Å². The van der Waals surface area contributed by atoms with Gasteiger partial charge in [-0.05, 0) is 13.3 Å². The highest BCUT2D eigenvalue weighted by molar-refractivity contribution is 8.00. The highest BCUT2D eigenvalue weighted by atomic mass is 32.2. The van der Waals surface area contributed by atoms with Crippen LogP contribution in [0.2, 0.25) is 0 Å². The van der Waals surface area contributed by atoms with Crippen LogP contribution in [0.1, 0.15) is 20.3 Å². The molecule has 106 valence electrons. The molecule has 0 spiro atoms. The molecule has 0 bridgehead atoms. The summed E-state index contributed by atoms with van der Waals surface area (Å²) in [6.45, 7) is 7.33. The van der Waals surface area contributed by atoms with Gasteiger partial charge in [-0.1, -0.05) is 6.92 Å². The lowest BCUT2D eigenvalue weighted by atomic mass is 10.1. The van der Waals surface area contributed by atoms with Crippen LogP contribution in [0.15, 0.2) is 0 Å². The van der Waals surface area contributed by atoms with E-state index in [4.69, 9.17) is 0 Å². The third-order valence-electron chi connectivity index (χ3n) is 4.08. The molecule has 2 saturated heterocycles. The van der Waals surface area contributed by atoms with E-state index in [0.717, 1.165) is 19.5 Å². The molecule has 18 heavy (non-hydrogen) atoms. The molecule has 0 aliphatic carbocycles. The minimum atomic E-state index is -2.79. The van der Waals surface area contributed by atoms with E-state index >= 15 is 0 Å². The highest BCUT2D eigenvalue weighted by Crippen LogP contribution is 2.24. The molecule has 0 aromatic rings. The summed E-state index contributed by atoms with van der Waals surface area (Å²) in [6.07, 6.45) is 0.945. The summed E-state index contributed by atoms with van der Waals surface area (Å²) in [5, 5.41) is 4.01. The van der Waals surface area contributed by atoms with Crippen molar-refractivity contribution in [2.45, 2.75) is 37.6 Å². The fourth-order valence-electron chi connectivity index (χ4n) is 2.69. The van der Waals surface area contributed by atoms with Gasteiger partial charge in [-0.25, -0.2) is 8.42 Å². The van der Waals surface area contributed by atoms with Crippen molar-refractivity contribution in [2.24, 2.45) is 0 Å². The van der Waals surface area contributed by atoms with Crippen LogP contribution < -0.4 is 5.32 Å². The first-order valence-corrected chi connectivity index (χ1v) is 9.64. The first-order chi connectivity index (χ1) is 8.48. The van der Waals surface area contributed by atoms with Gasteiger partial charge in [0.2, 0.25) is 0 Å². The number of hydrogen-bond donors (Lipinski definition) is 1. The Bertz CT molecular complexity index is 372. The molecule has 3 atom stereocenters. The van der Waals surface area contributed by atoms with Crippen molar-refractivity contribution in [3.8, 4) is 0 Å². The van der Waals surface area contributed by atoms with Gasteiger partial charge in [-0.15, -0.1) is 0 Å². The number of nitrogens with zero attached hydrogens (tertiary/aromatic N) is 1. The lowest BCUT2D eigenvalue weighted by Gasteiger charge is -2.38. The average Bonchev–Trinajstić information content (AvgIpc) is 2.30. The summed E-state index contributed by atoms with van der Waals surface area (Å²) in [6, 6.07) is 0.754. The maximum absolute atomic E-state index is 11.6. The quantitative estimate of drug-likeness (QED) is 0.825. The summed E-state index contributed by atoms with van der Waals surface area (Å²) in [7, 11) is -2.79.